The summed E-state index contributed by atoms with van der Waals surface area (Å²) >= 11 is 6.15. The van der Waals surface area contributed by atoms with Crippen molar-refractivity contribution in [2.75, 3.05) is 13.7 Å². The molecule has 2 aromatic rings. The lowest BCUT2D eigenvalue weighted by atomic mass is 10.2. The van der Waals surface area contributed by atoms with Gasteiger partial charge in [-0.15, -0.1) is 0 Å². The summed E-state index contributed by atoms with van der Waals surface area (Å²) < 4.78 is 15.6. The Hall–Kier alpha value is -2.67. The second kappa shape index (κ2) is 8.26. The summed E-state index contributed by atoms with van der Waals surface area (Å²) in [7, 11) is 1.45. The molecular formula is C16H17ClN2O5. The number of carbonyl (C=O) groups excluding carboxylic acids is 2. The number of hydrazine groups is 1. The van der Waals surface area contributed by atoms with E-state index in [2.05, 4.69) is 10.9 Å². The molecule has 0 radical (unpaired) electrons. The molecule has 0 bridgehead atoms. The van der Waals surface area contributed by atoms with E-state index in [0.717, 1.165) is 6.42 Å². The molecular weight excluding hydrogens is 336 g/mol. The van der Waals surface area contributed by atoms with Crippen LogP contribution in [-0.2, 0) is 0 Å². The highest BCUT2D eigenvalue weighted by Gasteiger charge is 2.17. The van der Waals surface area contributed by atoms with Gasteiger partial charge in [-0.25, -0.2) is 0 Å². The maximum absolute atomic E-state index is 12.2. The van der Waals surface area contributed by atoms with Crippen LogP contribution >= 0.6 is 11.6 Å². The van der Waals surface area contributed by atoms with Crippen LogP contribution in [0.4, 0.5) is 0 Å². The fourth-order valence-corrected chi connectivity index (χ4v) is 2.12. The van der Waals surface area contributed by atoms with Crippen LogP contribution in [0, 0.1) is 0 Å². The zero-order valence-corrected chi connectivity index (χ0v) is 14.0. The van der Waals surface area contributed by atoms with E-state index in [-0.39, 0.29) is 16.3 Å². The highest BCUT2D eigenvalue weighted by molar-refractivity contribution is 6.32. The Balaban J connectivity index is 2.09. The summed E-state index contributed by atoms with van der Waals surface area (Å²) in [6.45, 7) is 2.44. The Bertz CT molecular complexity index is 716. The van der Waals surface area contributed by atoms with Crippen molar-refractivity contribution in [3.05, 3.63) is 46.9 Å². The van der Waals surface area contributed by atoms with Crippen molar-refractivity contribution in [1.29, 1.82) is 0 Å². The standard InChI is InChI=1S/C16H17ClN2O5/c1-3-6-24-14-11(17)8-10(9-13(14)22-2)15(20)18-19-16(21)12-5-4-7-23-12/h4-5,7-9H,3,6H2,1-2H3,(H,18,20)(H,19,21). The summed E-state index contributed by atoms with van der Waals surface area (Å²) in [5.74, 6) is -0.351. The third-order valence-electron chi connectivity index (χ3n) is 2.98. The number of amides is 2. The lowest BCUT2D eigenvalue weighted by Crippen LogP contribution is -2.41. The van der Waals surface area contributed by atoms with Gasteiger partial charge < -0.3 is 13.9 Å². The third kappa shape index (κ3) is 4.20. The first-order valence-electron chi connectivity index (χ1n) is 7.21. The van der Waals surface area contributed by atoms with Crippen LogP contribution < -0.4 is 20.3 Å². The second-order valence-electron chi connectivity index (χ2n) is 4.72. The molecule has 0 saturated carbocycles. The van der Waals surface area contributed by atoms with E-state index >= 15 is 0 Å². The molecule has 0 unspecified atom stereocenters. The van der Waals surface area contributed by atoms with Crippen molar-refractivity contribution < 1.29 is 23.5 Å². The molecule has 0 fully saturated rings. The first-order valence-corrected chi connectivity index (χ1v) is 7.59. The van der Waals surface area contributed by atoms with Gasteiger partial charge in [-0.3, -0.25) is 20.4 Å². The molecule has 8 heteroatoms. The van der Waals surface area contributed by atoms with E-state index in [1.165, 1.54) is 31.6 Å². The number of furan rings is 1. The van der Waals surface area contributed by atoms with E-state index in [1.54, 1.807) is 6.07 Å². The molecule has 1 aromatic carbocycles. The number of halogens is 1. The molecule has 7 nitrogen and oxygen atoms in total. The summed E-state index contributed by atoms with van der Waals surface area (Å²) in [5.41, 5.74) is 4.73. The molecule has 0 atom stereocenters. The zero-order chi connectivity index (χ0) is 17.5. The van der Waals surface area contributed by atoms with Gasteiger partial charge in [-0.05, 0) is 30.7 Å². The number of rotatable bonds is 6. The zero-order valence-electron chi connectivity index (χ0n) is 13.2. The molecule has 24 heavy (non-hydrogen) atoms. The van der Waals surface area contributed by atoms with Gasteiger partial charge in [0, 0.05) is 5.56 Å². The average molecular weight is 353 g/mol. The van der Waals surface area contributed by atoms with E-state index in [0.29, 0.717) is 18.1 Å². The highest BCUT2D eigenvalue weighted by atomic mass is 35.5. The molecule has 2 rings (SSSR count). The molecule has 0 spiro atoms. The van der Waals surface area contributed by atoms with Gasteiger partial charge >= 0.3 is 5.91 Å². The lowest BCUT2D eigenvalue weighted by molar-refractivity contribution is 0.0830. The number of ether oxygens (including phenoxy) is 2. The van der Waals surface area contributed by atoms with E-state index < -0.39 is 11.8 Å². The van der Waals surface area contributed by atoms with Gasteiger partial charge in [-0.1, -0.05) is 18.5 Å². The van der Waals surface area contributed by atoms with Gasteiger partial charge in [0.15, 0.2) is 17.3 Å². The van der Waals surface area contributed by atoms with Crippen molar-refractivity contribution in [2.45, 2.75) is 13.3 Å². The summed E-state index contributed by atoms with van der Waals surface area (Å²) in [6.07, 6.45) is 2.16. The first-order chi connectivity index (χ1) is 11.6. The van der Waals surface area contributed by atoms with Crippen molar-refractivity contribution in [1.82, 2.24) is 10.9 Å². The minimum atomic E-state index is -0.575. The number of carbonyl (C=O) groups is 2. The molecule has 0 aliphatic carbocycles. The minimum absolute atomic E-state index is 0.0780. The number of hydrogen-bond acceptors (Lipinski definition) is 5. The number of methoxy groups -OCH3 is 1. The lowest BCUT2D eigenvalue weighted by Gasteiger charge is -2.14. The maximum atomic E-state index is 12.2. The van der Waals surface area contributed by atoms with Gasteiger partial charge in [0.25, 0.3) is 5.91 Å². The van der Waals surface area contributed by atoms with E-state index in [9.17, 15) is 9.59 Å². The molecule has 2 N–H and O–H groups in total. The quantitative estimate of drug-likeness (QED) is 0.780. The fraction of sp³-hybridized carbons (Fsp3) is 0.250. The number of hydrogen-bond donors (Lipinski definition) is 2. The van der Waals surface area contributed by atoms with Gasteiger partial charge in [0.1, 0.15) is 0 Å². The van der Waals surface area contributed by atoms with Crippen LogP contribution in [0.2, 0.25) is 5.02 Å². The van der Waals surface area contributed by atoms with Gasteiger partial charge in [0.05, 0.1) is 25.0 Å². The number of benzene rings is 1. The molecule has 0 aliphatic rings. The predicted molar refractivity (Wildman–Crippen MR) is 87.4 cm³/mol. The highest BCUT2D eigenvalue weighted by Crippen LogP contribution is 2.36. The van der Waals surface area contributed by atoms with Crippen LogP contribution in [0.5, 0.6) is 11.5 Å². The van der Waals surface area contributed by atoms with Gasteiger partial charge in [0.2, 0.25) is 0 Å². The van der Waals surface area contributed by atoms with E-state index in [1.807, 2.05) is 6.92 Å². The van der Waals surface area contributed by atoms with Gasteiger partial charge in [-0.2, -0.15) is 0 Å². The smallest absolute Gasteiger partial charge is 0.305 e. The van der Waals surface area contributed by atoms with Crippen LogP contribution in [0.15, 0.2) is 34.9 Å². The summed E-state index contributed by atoms with van der Waals surface area (Å²) in [4.78, 5) is 23.9. The van der Waals surface area contributed by atoms with Crippen LogP contribution in [-0.4, -0.2) is 25.5 Å². The second-order valence-corrected chi connectivity index (χ2v) is 5.13. The van der Waals surface area contributed by atoms with E-state index in [4.69, 9.17) is 25.5 Å². The Labute approximate surface area is 143 Å². The van der Waals surface area contributed by atoms with Crippen molar-refractivity contribution in [3.63, 3.8) is 0 Å². The molecule has 0 saturated heterocycles. The van der Waals surface area contributed by atoms with Crippen molar-refractivity contribution in [3.8, 4) is 11.5 Å². The monoisotopic (exact) mass is 352 g/mol. The van der Waals surface area contributed by atoms with Crippen LogP contribution in [0.1, 0.15) is 34.3 Å². The topological polar surface area (TPSA) is 89.8 Å². The number of nitrogens with one attached hydrogen (secondary N) is 2. The predicted octanol–water partition coefficient (Wildman–Crippen LogP) is 2.81. The van der Waals surface area contributed by atoms with Crippen LogP contribution in [0.3, 0.4) is 0 Å². The first kappa shape index (κ1) is 17.7. The van der Waals surface area contributed by atoms with Crippen molar-refractivity contribution >= 4 is 23.4 Å². The third-order valence-corrected chi connectivity index (χ3v) is 3.26. The normalized spacial score (nSPS) is 10.1. The maximum Gasteiger partial charge on any atom is 0.305 e. The summed E-state index contributed by atoms with van der Waals surface area (Å²) in [5, 5.41) is 0.241. The Kier molecular flexibility index (Phi) is 6.08. The molecule has 0 aliphatic heterocycles. The van der Waals surface area contributed by atoms with Crippen molar-refractivity contribution in [2.24, 2.45) is 0 Å². The molecule has 128 valence electrons. The molecule has 2 amide bonds. The van der Waals surface area contributed by atoms with Crippen LogP contribution in [0.25, 0.3) is 0 Å². The average Bonchev–Trinajstić information content (AvgIpc) is 3.12. The summed E-state index contributed by atoms with van der Waals surface area (Å²) in [6, 6.07) is 5.95. The Morgan fingerprint density at radius 3 is 2.62 bits per heavy atom. The minimum Gasteiger partial charge on any atom is -0.493 e. The Morgan fingerprint density at radius 1 is 1.25 bits per heavy atom. The fourth-order valence-electron chi connectivity index (χ4n) is 1.85. The molecule has 1 heterocycles. The molecule has 1 aromatic heterocycles. The SMILES string of the molecule is CCCOc1c(Cl)cc(C(=O)NNC(=O)c2ccco2)cc1OC. The Morgan fingerprint density at radius 2 is 2.00 bits per heavy atom. The largest absolute Gasteiger partial charge is 0.493 e.